The number of piperidine rings is 1. The zero-order valence-corrected chi connectivity index (χ0v) is 8.50. The molecule has 2 rings (SSSR count). The molecule has 80 valence electrons. The van der Waals surface area contributed by atoms with Crippen molar-refractivity contribution in [2.75, 3.05) is 32.8 Å². The molecule has 0 saturated carbocycles. The van der Waals surface area contributed by atoms with Crippen LogP contribution in [-0.4, -0.2) is 43.8 Å². The Hall–Kier alpha value is -0.770. The van der Waals surface area contributed by atoms with Crippen molar-refractivity contribution in [2.24, 2.45) is 5.92 Å². The fourth-order valence-corrected chi connectivity index (χ4v) is 2.14. The third-order valence-corrected chi connectivity index (χ3v) is 3.11. The van der Waals surface area contributed by atoms with Crippen LogP contribution in [0.3, 0.4) is 0 Å². The van der Waals surface area contributed by atoms with E-state index in [4.69, 9.17) is 4.74 Å². The maximum absolute atomic E-state index is 11.1. The van der Waals surface area contributed by atoms with Gasteiger partial charge in [-0.2, -0.15) is 0 Å². The molecular weight excluding hydrogens is 180 g/mol. The van der Waals surface area contributed by atoms with Crippen LogP contribution in [0.15, 0.2) is 0 Å². The molecule has 2 aliphatic rings. The lowest BCUT2D eigenvalue weighted by atomic mass is 9.94. The number of rotatable bonds is 3. The first-order valence-corrected chi connectivity index (χ1v) is 5.48. The Bertz CT molecular complexity index is 202. The Labute approximate surface area is 84.6 Å². The maximum atomic E-state index is 11.1. The highest BCUT2D eigenvalue weighted by atomic mass is 16.6. The van der Waals surface area contributed by atoms with E-state index in [2.05, 4.69) is 5.32 Å². The standard InChI is InChI=1S/C10H18N2O2/c13-10-12(7-8-14-10)6-3-9-1-4-11-5-2-9/h9,11H,1-8H2. The Morgan fingerprint density at radius 1 is 1.43 bits per heavy atom. The van der Waals surface area contributed by atoms with E-state index in [1.165, 1.54) is 12.8 Å². The average molecular weight is 198 g/mol. The molecule has 0 aliphatic carbocycles. The molecule has 1 N–H and O–H groups in total. The van der Waals surface area contributed by atoms with Gasteiger partial charge in [0.25, 0.3) is 0 Å². The molecular formula is C10H18N2O2. The third kappa shape index (κ3) is 2.38. The topological polar surface area (TPSA) is 41.6 Å². The molecule has 0 radical (unpaired) electrons. The molecule has 4 heteroatoms. The molecule has 2 heterocycles. The van der Waals surface area contributed by atoms with Crippen LogP contribution in [0.1, 0.15) is 19.3 Å². The van der Waals surface area contributed by atoms with Crippen LogP contribution in [0.5, 0.6) is 0 Å². The molecule has 2 aliphatic heterocycles. The highest BCUT2D eigenvalue weighted by Gasteiger charge is 2.23. The zero-order chi connectivity index (χ0) is 9.80. The molecule has 0 aromatic heterocycles. The number of hydrogen-bond donors (Lipinski definition) is 1. The molecule has 4 nitrogen and oxygen atoms in total. The minimum absolute atomic E-state index is 0.126. The quantitative estimate of drug-likeness (QED) is 0.730. The summed E-state index contributed by atoms with van der Waals surface area (Å²) in [4.78, 5) is 13.0. The van der Waals surface area contributed by atoms with E-state index in [9.17, 15) is 4.79 Å². The van der Waals surface area contributed by atoms with Crippen molar-refractivity contribution < 1.29 is 9.53 Å². The van der Waals surface area contributed by atoms with Crippen LogP contribution in [0, 0.1) is 5.92 Å². The van der Waals surface area contributed by atoms with Gasteiger partial charge in [-0.05, 0) is 38.3 Å². The van der Waals surface area contributed by atoms with Crippen LogP contribution < -0.4 is 5.32 Å². The largest absolute Gasteiger partial charge is 0.448 e. The number of ether oxygens (including phenoxy) is 1. The lowest BCUT2D eigenvalue weighted by Gasteiger charge is -2.24. The molecule has 1 amide bonds. The van der Waals surface area contributed by atoms with Gasteiger partial charge < -0.3 is 15.0 Å². The summed E-state index contributed by atoms with van der Waals surface area (Å²) in [5, 5.41) is 3.35. The Kier molecular flexibility index (Phi) is 3.24. The number of carbonyl (C=O) groups is 1. The van der Waals surface area contributed by atoms with Crippen molar-refractivity contribution in [1.82, 2.24) is 10.2 Å². The van der Waals surface area contributed by atoms with Crippen molar-refractivity contribution in [1.29, 1.82) is 0 Å². The van der Waals surface area contributed by atoms with Crippen LogP contribution in [0.4, 0.5) is 4.79 Å². The van der Waals surface area contributed by atoms with Gasteiger partial charge in [0.1, 0.15) is 6.61 Å². The molecule has 0 bridgehead atoms. The number of carbonyl (C=O) groups excluding carboxylic acids is 1. The van der Waals surface area contributed by atoms with E-state index in [0.717, 1.165) is 38.5 Å². The van der Waals surface area contributed by atoms with E-state index < -0.39 is 0 Å². The van der Waals surface area contributed by atoms with E-state index in [1.807, 2.05) is 4.90 Å². The van der Waals surface area contributed by atoms with Gasteiger partial charge in [0.2, 0.25) is 0 Å². The van der Waals surface area contributed by atoms with Crippen LogP contribution >= 0.6 is 0 Å². The second kappa shape index (κ2) is 4.64. The molecule has 2 fully saturated rings. The van der Waals surface area contributed by atoms with E-state index >= 15 is 0 Å². The first kappa shape index (κ1) is 9.77. The van der Waals surface area contributed by atoms with Crippen molar-refractivity contribution in [3.63, 3.8) is 0 Å². The summed E-state index contributed by atoms with van der Waals surface area (Å²) >= 11 is 0. The highest BCUT2D eigenvalue weighted by molar-refractivity contribution is 5.69. The van der Waals surface area contributed by atoms with Crippen molar-refractivity contribution in [3.8, 4) is 0 Å². The molecule has 14 heavy (non-hydrogen) atoms. The molecule has 0 aromatic carbocycles. The normalized spacial score (nSPS) is 24.0. The summed E-state index contributed by atoms with van der Waals surface area (Å²) in [6, 6.07) is 0. The van der Waals surface area contributed by atoms with Gasteiger partial charge in [0.15, 0.2) is 0 Å². The summed E-state index contributed by atoms with van der Waals surface area (Å²) in [5.41, 5.74) is 0. The minimum atomic E-state index is -0.126. The van der Waals surface area contributed by atoms with E-state index in [1.54, 1.807) is 0 Å². The molecule has 0 unspecified atom stereocenters. The van der Waals surface area contributed by atoms with E-state index in [-0.39, 0.29) is 6.09 Å². The minimum Gasteiger partial charge on any atom is -0.448 e. The maximum Gasteiger partial charge on any atom is 0.409 e. The first-order valence-electron chi connectivity index (χ1n) is 5.48. The van der Waals surface area contributed by atoms with Gasteiger partial charge in [0.05, 0.1) is 6.54 Å². The van der Waals surface area contributed by atoms with Crippen LogP contribution in [-0.2, 0) is 4.74 Å². The Morgan fingerprint density at radius 3 is 2.86 bits per heavy atom. The van der Waals surface area contributed by atoms with Gasteiger partial charge in [-0.15, -0.1) is 0 Å². The van der Waals surface area contributed by atoms with Crippen LogP contribution in [0.25, 0.3) is 0 Å². The first-order chi connectivity index (χ1) is 6.86. The Balaban J connectivity index is 1.68. The second-order valence-electron chi connectivity index (χ2n) is 4.08. The number of cyclic esters (lactones) is 1. The van der Waals surface area contributed by atoms with Gasteiger partial charge in [-0.1, -0.05) is 0 Å². The summed E-state index contributed by atoms with van der Waals surface area (Å²) in [5.74, 6) is 0.796. The Morgan fingerprint density at radius 2 is 2.21 bits per heavy atom. The number of nitrogens with zero attached hydrogens (tertiary/aromatic N) is 1. The summed E-state index contributed by atoms with van der Waals surface area (Å²) < 4.78 is 4.88. The predicted molar refractivity (Wildman–Crippen MR) is 53.1 cm³/mol. The number of amides is 1. The summed E-state index contributed by atoms with van der Waals surface area (Å²) in [6.07, 6.45) is 3.52. The highest BCUT2D eigenvalue weighted by Crippen LogP contribution is 2.17. The molecule has 0 spiro atoms. The molecule has 0 aromatic rings. The fourth-order valence-electron chi connectivity index (χ4n) is 2.14. The van der Waals surface area contributed by atoms with Crippen molar-refractivity contribution in [2.45, 2.75) is 19.3 Å². The average Bonchev–Trinajstić information content (AvgIpc) is 2.63. The van der Waals surface area contributed by atoms with Gasteiger partial charge >= 0.3 is 6.09 Å². The van der Waals surface area contributed by atoms with Crippen molar-refractivity contribution in [3.05, 3.63) is 0 Å². The molecule has 0 atom stereocenters. The fraction of sp³-hybridized carbons (Fsp3) is 0.900. The zero-order valence-electron chi connectivity index (χ0n) is 8.50. The van der Waals surface area contributed by atoms with Crippen molar-refractivity contribution >= 4 is 6.09 Å². The second-order valence-corrected chi connectivity index (χ2v) is 4.08. The van der Waals surface area contributed by atoms with Gasteiger partial charge in [-0.25, -0.2) is 4.79 Å². The summed E-state index contributed by atoms with van der Waals surface area (Å²) in [7, 11) is 0. The smallest absolute Gasteiger partial charge is 0.409 e. The van der Waals surface area contributed by atoms with Crippen LogP contribution in [0.2, 0.25) is 0 Å². The third-order valence-electron chi connectivity index (χ3n) is 3.11. The SMILES string of the molecule is O=C1OCCN1CCC1CCNCC1. The summed E-state index contributed by atoms with van der Waals surface area (Å²) in [6.45, 7) is 4.50. The lowest BCUT2D eigenvalue weighted by molar-refractivity contribution is 0.156. The number of hydrogen-bond acceptors (Lipinski definition) is 3. The molecule has 2 saturated heterocycles. The monoisotopic (exact) mass is 198 g/mol. The lowest BCUT2D eigenvalue weighted by Crippen LogP contribution is -2.31. The number of nitrogens with one attached hydrogen (secondary N) is 1. The van der Waals surface area contributed by atoms with Gasteiger partial charge in [-0.3, -0.25) is 0 Å². The van der Waals surface area contributed by atoms with Gasteiger partial charge in [0, 0.05) is 6.54 Å². The predicted octanol–water partition coefficient (Wildman–Crippen LogP) is 0.828. The van der Waals surface area contributed by atoms with E-state index in [0.29, 0.717) is 6.61 Å².